The standard InChI is InChI=1S/C19H25N3O5S/c1-14-6-4-7-15(10-14)11-22(12-16-8-5-9-27-16)28(25,26)17-13-20(2)19(24)21(3)18(17)23/h4,6-7,10,13,16H,5,8-9,11-12H2,1-3H3. The summed E-state index contributed by atoms with van der Waals surface area (Å²) in [5, 5.41) is 0. The number of hydrogen-bond acceptors (Lipinski definition) is 5. The first kappa shape index (κ1) is 20.5. The predicted molar refractivity (Wildman–Crippen MR) is 105 cm³/mol. The molecule has 0 spiro atoms. The Morgan fingerprint density at radius 2 is 2.00 bits per heavy atom. The Labute approximate surface area is 164 Å². The van der Waals surface area contributed by atoms with E-state index >= 15 is 0 Å². The van der Waals surface area contributed by atoms with E-state index in [4.69, 9.17) is 4.74 Å². The van der Waals surface area contributed by atoms with Crippen LogP contribution in [0.5, 0.6) is 0 Å². The zero-order chi connectivity index (χ0) is 20.5. The molecule has 8 nitrogen and oxygen atoms in total. The summed E-state index contributed by atoms with van der Waals surface area (Å²) in [4.78, 5) is 24.1. The van der Waals surface area contributed by atoms with Crippen LogP contribution in [0.1, 0.15) is 24.0 Å². The van der Waals surface area contributed by atoms with Crippen LogP contribution in [-0.4, -0.2) is 41.1 Å². The molecule has 1 aromatic heterocycles. The highest BCUT2D eigenvalue weighted by Crippen LogP contribution is 2.21. The van der Waals surface area contributed by atoms with Gasteiger partial charge >= 0.3 is 5.69 Å². The van der Waals surface area contributed by atoms with E-state index in [-0.39, 0.29) is 19.2 Å². The Kier molecular flexibility index (Phi) is 5.87. The second kappa shape index (κ2) is 8.02. The maximum Gasteiger partial charge on any atom is 0.330 e. The second-order valence-electron chi connectivity index (χ2n) is 7.17. The summed E-state index contributed by atoms with van der Waals surface area (Å²) in [6.45, 7) is 2.81. The molecule has 0 amide bonds. The smallest absolute Gasteiger partial charge is 0.330 e. The van der Waals surface area contributed by atoms with E-state index in [1.165, 1.54) is 18.4 Å². The number of aromatic nitrogens is 2. The topological polar surface area (TPSA) is 90.6 Å². The fraction of sp³-hybridized carbons (Fsp3) is 0.474. The third-order valence-electron chi connectivity index (χ3n) is 4.91. The zero-order valence-electron chi connectivity index (χ0n) is 16.3. The average Bonchev–Trinajstić information content (AvgIpc) is 3.15. The Hall–Kier alpha value is -2.23. The molecule has 1 atom stereocenters. The van der Waals surface area contributed by atoms with Gasteiger partial charge in [0.2, 0.25) is 10.0 Å². The fourth-order valence-electron chi connectivity index (χ4n) is 3.37. The van der Waals surface area contributed by atoms with E-state index in [0.717, 1.165) is 39.3 Å². The molecule has 9 heteroatoms. The summed E-state index contributed by atoms with van der Waals surface area (Å²) in [5.74, 6) is 0. The van der Waals surface area contributed by atoms with Gasteiger partial charge in [-0.3, -0.25) is 9.36 Å². The lowest BCUT2D eigenvalue weighted by Crippen LogP contribution is -2.44. The first-order valence-corrected chi connectivity index (χ1v) is 10.6. The van der Waals surface area contributed by atoms with Gasteiger partial charge in [-0.25, -0.2) is 13.2 Å². The SMILES string of the molecule is Cc1cccc(CN(CC2CCCO2)S(=O)(=O)c2cn(C)c(=O)n(C)c2=O)c1. The van der Waals surface area contributed by atoms with Crippen molar-refractivity contribution in [2.45, 2.75) is 37.3 Å². The van der Waals surface area contributed by atoms with Gasteiger partial charge in [0.1, 0.15) is 0 Å². The van der Waals surface area contributed by atoms with Crippen LogP contribution in [0.4, 0.5) is 0 Å². The van der Waals surface area contributed by atoms with Gasteiger partial charge < -0.3 is 9.30 Å². The van der Waals surface area contributed by atoms with E-state index in [1.54, 1.807) is 0 Å². The average molecular weight is 407 g/mol. The van der Waals surface area contributed by atoms with Crippen molar-refractivity contribution < 1.29 is 13.2 Å². The van der Waals surface area contributed by atoms with Gasteiger partial charge in [-0.05, 0) is 25.3 Å². The number of hydrogen-bond donors (Lipinski definition) is 0. The third kappa shape index (κ3) is 4.11. The Balaban J connectivity index is 2.05. The molecule has 1 aromatic carbocycles. The molecule has 0 N–H and O–H groups in total. The van der Waals surface area contributed by atoms with Crippen LogP contribution in [0, 0.1) is 6.92 Å². The van der Waals surface area contributed by atoms with E-state index in [9.17, 15) is 18.0 Å². The molecule has 1 aliphatic heterocycles. The van der Waals surface area contributed by atoms with Crippen LogP contribution in [-0.2, 0) is 35.4 Å². The number of ether oxygens (including phenoxy) is 1. The largest absolute Gasteiger partial charge is 0.377 e. The van der Waals surface area contributed by atoms with Crippen molar-refractivity contribution in [2.24, 2.45) is 14.1 Å². The lowest BCUT2D eigenvalue weighted by molar-refractivity contribution is 0.0925. The number of nitrogens with zero attached hydrogens (tertiary/aromatic N) is 3. The lowest BCUT2D eigenvalue weighted by Gasteiger charge is -2.25. The molecule has 1 aliphatic rings. The third-order valence-corrected chi connectivity index (χ3v) is 6.70. The summed E-state index contributed by atoms with van der Waals surface area (Å²) < 4.78 is 35.6. The van der Waals surface area contributed by atoms with Crippen molar-refractivity contribution in [3.63, 3.8) is 0 Å². The second-order valence-corrected chi connectivity index (χ2v) is 9.08. The van der Waals surface area contributed by atoms with Crippen LogP contribution in [0.25, 0.3) is 0 Å². The van der Waals surface area contributed by atoms with Crippen molar-refractivity contribution in [1.82, 2.24) is 13.4 Å². The normalized spacial score (nSPS) is 17.4. The summed E-state index contributed by atoms with van der Waals surface area (Å²) >= 11 is 0. The van der Waals surface area contributed by atoms with Crippen LogP contribution in [0.15, 0.2) is 44.9 Å². The quantitative estimate of drug-likeness (QED) is 0.705. The maximum atomic E-state index is 13.4. The summed E-state index contributed by atoms with van der Waals surface area (Å²) in [6.07, 6.45) is 2.53. The van der Waals surface area contributed by atoms with Gasteiger partial charge in [-0.2, -0.15) is 4.31 Å². The Bertz CT molecular complexity index is 1080. The van der Waals surface area contributed by atoms with Gasteiger partial charge in [-0.15, -0.1) is 0 Å². The minimum absolute atomic E-state index is 0.121. The molecule has 0 saturated carbocycles. The van der Waals surface area contributed by atoms with Crippen molar-refractivity contribution in [3.8, 4) is 0 Å². The molecule has 1 fully saturated rings. The van der Waals surface area contributed by atoms with Gasteiger partial charge in [0, 0.05) is 40.0 Å². The highest BCUT2D eigenvalue weighted by atomic mass is 32.2. The molecule has 2 heterocycles. The molecular formula is C19H25N3O5S. The first-order chi connectivity index (χ1) is 13.2. The molecule has 0 radical (unpaired) electrons. The Morgan fingerprint density at radius 3 is 2.64 bits per heavy atom. The lowest BCUT2D eigenvalue weighted by atomic mass is 10.1. The van der Waals surface area contributed by atoms with Gasteiger partial charge in [0.15, 0.2) is 4.90 Å². The summed E-state index contributed by atoms with van der Waals surface area (Å²) in [5.41, 5.74) is 0.436. The molecule has 3 rings (SSSR count). The molecule has 1 unspecified atom stereocenters. The van der Waals surface area contributed by atoms with Crippen molar-refractivity contribution in [3.05, 3.63) is 62.4 Å². The van der Waals surface area contributed by atoms with Crippen molar-refractivity contribution >= 4 is 10.0 Å². The minimum Gasteiger partial charge on any atom is -0.377 e. The van der Waals surface area contributed by atoms with Crippen LogP contribution < -0.4 is 11.2 Å². The van der Waals surface area contributed by atoms with E-state index in [0.29, 0.717) is 6.61 Å². The summed E-state index contributed by atoms with van der Waals surface area (Å²) in [7, 11) is -1.44. The first-order valence-electron chi connectivity index (χ1n) is 9.14. The highest BCUT2D eigenvalue weighted by molar-refractivity contribution is 7.89. The predicted octanol–water partition coefficient (Wildman–Crippen LogP) is 0.762. The van der Waals surface area contributed by atoms with E-state index in [1.807, 2.05) is 31.2 Å². The molecule has 0 bridgehead atoms. The monoisotopic (exact) mass is 407 g/mol. The molecular weight excluding hydrogens is 382 g/mol. The molecule has 1 saturated heterocycles. The van der Waals surface area contributed by atoms with Crippen molar-refractivity contribution in [1.29, 1.82) is 0 Å². The number of aryl methyl sites for hydroxylation is 2. The van der Waals surface area contributed by atoms with Crippen LogP contribution >= 0.6 is 0 Å². The molecule has 2 aromatic rings. The fourth-order valence-corrected chi connectivity index (χ4v) is 4.98. The van der Waals surface area contributed by atoms with Crippen molar-refractivity contribution in [2.75, 3.05) is 13.2 Å². The highest BCUT2D eigenvalue weighted by Gasteiger charge is 2.32. The van der Waals surface area contributed by atoms with Gasteiger partial charge in [0.05, 0.1) is 6.10 Å². The number of benzene rings is 1. The minimum atomic E-state index is -4.13. The molecule has 28 heavy (non-hydrogen) atoms. The van der Waals surface area contributed by atoms with E-state index in [2.05, 4.69) is 0 Å². The number of sulfonamides is 1. The van der Waals surface area contributed by atoms with Gasteiger partial charge in [0.25, 0.3) is 5.56 Å². The number of rotatable bonds is 6. The Morgan fingerprint density at radius 1 is 1.25 bits per heavy atom. The van der Waals surface area contributed by atoms with Crippen LogP contribution in [0.3, 0.4) is 0 Å². The molecule has 152 valence electrons. The maximum absolute atomic E-state index is 13.4. The molecule has 0 aliphatic carbocycles. The van der Waals surface area contributed by atoms with E-state index < -0.39 is 26.2 Å². The zero-order valence-corrected chi connectivity index (χ0v) is 17.1. The summed E-state index contributed by atoms with van der Waals surface area (Å²) in [6, 6.07) is 7.57. The van der Waals surface area contributed by atoms with Gasteiger partial charge in [-0.1, -0.05) is 29.8 Å². The van der Waals surface area contributed by atoms with Crippen LogP contribution in [0.2, 0.25) is 0 Å².